The van der Waals surface area contributed by atoms with Gasteiger partial charge in [0.2, 0.25) is 0 Å². The first-order valence-corrected chi connectivity index (χ1v) is 12.5. The second kappa shape index (κ2) is 10.6. The lowest BCUT2D eigenvalue weighted by Gasteiger charge is -2.36. The lowest BCUT2D eigenvalue weighted by Crippen LogP contribution is -2.46. The summed E-state index contributed by atoms with van der Waals surface area (Å²) in [7, 11) is 0. The molecule has 2 heterocycles. The van der Waals surface area contributed by atoms with Crippen LogP contribution in [0.5, 0.6) is 0 Å². The van der Waals surface area contributed by atoms with Gasteiger partial charge in [-0.25, -0.2) is 0 Å². The Kier molecular flexibility index (Phi) is 6.92. The lowest BCUT2D eigenvalue weighted by atomic mass is 10.0. The van der Waals surface area contributed by atoms with Crippen LogP contribution in [0.15, 0.2) is 79.0 Å². The highest BCUT2D eigenvalue weighted by atomic mass is 15.3. The van der Waals surface area contributed by atoms with Crippen LogP contribution in [-0.2, 0) is 0 Å². The maximum absolute atomic E-state index is 9.08. The molecular weight excluding hydrogens is 430 g/mol. The Morgan fingerprint density at radius 2 is 1.63 bits per heavy atom. The van der Waals surface area contributed by atoms with Gasteiger partial charge in [-0.3, -0.25) is 9.88 Å². The summed E-state index contributed by atoms with van der Waals surface area (Å²) in [6.07, 6.45) is 4.40. The monoisotopic (exact) mass is 461 g/mol. The van der Waals surface area contributed by atoms with Crippen LogP contribution in [0.2, 0.25) is 0 Å². The maximum Gasteiger partial charge on any atom is 0.0991 e. The number of nitrogens with one attached hydrogen (secondary N) is 1. The van der Waals surface area contributed by atoms with E-state index >= 15 is 0 Å². The molecule has 5 rings (SSSR count). The number of anilines is 3. The summed E-state index contributed by atoms with van der Waals surface area (Å²) >= 11 is 0. The smallest absolute Gasteiger partial charge is 0.0991 e. The Hall–Kier alpha value is -3.88. The number of nitriles is 1. The van der Waals surface area contributed by atoms with Crippen LogP contribution in [-0.4, -0.2) is 42.6 Å². The molecule has 0 amide bonds. The molecule has 0 bridgehead atoms. The molecule has 1 N–H and O–H groups in total. The molecule has 0 atom stereocenters. The molecular formula is C30H31N5. The molecule has 3 aromatic carbocycles. The largest absolute Gasteiger partial charge is 0.369 e. The number of rotatable bonds is 7. The van der Waals surface area contributed by atoms with Crippen LogP contribution in [0, 0.1) is 11.3 Å². The fourth-order valence-corrected chi connectivity index (χ4v) is 4.69. The van der Waals surface area contributed by atoms with Gasteiger partial charge in [0.15, 0.2) is 0 Å². The summed E-state index contributed by atoms with van der Waals surface area (Å²) in [6, 6.07) is 27.0. The van der Waals surface area contributed by atoms with Crippen molar-refractivity contribution in [1.82, 2.24) is 9.88 Å². The van der Waals surface area contributed by atoms with E-state index in [1.54, 1.807) is 0 Å². The third kappa shape index (κ3) is 5.29. The number of nitrogens with zero attached hydrogens (tertiary/aromatic N) is 4. The number of hydrogen-bond donors (Lipinski definition) is 1. The molecule has 1 aliphatic heterocycles. The van der Waals surface area contributed by atoms with Crippen LogP contribution < -0.4 is 10.2 Å². The quantitative estimate of drug-likeness (QED) is 0.343. The molecule has 1 saturated heterocycles. The third-order valence-corrected chi connectivity index (χ3v) is 6.80. The van der Waals surface area contributed by atoms with Crippen LogP contribution in [0.1, 0.15) is 25.3 Å². The first kappa shape index (κ1) is 22.9. The van der Waals surface area contributed by atoms with Crippen LogP contribution in [0.3, 0.4) is 0 Å². The number of aromatic nitrogens is 1. The first-order chi connectivity index (χ1) is 17.2. The van der Waals surface area contributed by atoms with E-state index in [2.05, 4.69) is 75.6 Å². The van der Waals surface area contributed by atoms with E-state index in [4.69, 9.17) is 5.26 Å². The summed E-state index contributed by atoms with van der Waals surface area (Å²) in [5, 5.41) is 13.7. The van der Waals surface area contributed by atoms with Crippen molar-refractivity contribution in [3.05, 3.63) is 84.6 Å². The van der Waals surface area contributed by atoms with Gasteiger partial charge < -0.3 is 10.2 Å². The SMILES string of the molecule is CCCCN1CCN(c2ccc(Nc3ccnc4ccc(-c5ccc(C#N)cc5)cc34)cc2)CC1. The van der Waals surface area contributed by atoms with Crippen molar-refractivity contribution in [3.8, 4) is 17.2 Å². The topological polar surface area (TPSA) is 55.2 Å². The molecule has 1 fully saturated rings. The fraction of sp³-hybridized carbons (Fsp3) is 0.267. The van der Waals surface area contributed by atoms with Gasteiger partial charge in [0.05, 0.1) is 17.1 Å². The molecule has 0 spiro atoms. The van der Waals surface area contributed by atoms with E-state index in [0.29, 0.717) is 5.56 Å². The molecule has 0 aliphatic carbocycles. The van der Waals surface area contributed by atoms with E-state index < -0.39 is 0 Å². The number of benzene rings is 3. The Labute approximate surface area is 207 Å². The molecule has 5 nitrogen and oxygen atoms in total. The molecule has 0 unspecified atom stereocenters. The third-order valence-electron chi connectivity index (χ3n) is 6.80. The standard InChI is InChI=1S/C30H31N5/c1-2-3-16-34-17-19-35(20-18-34)27-11-9-26(10-12-27)33-30-14-15-32-29-13-8-25(21-28(29)30)24-6-4-23(22-31)5-7-24/h4-15,21H,2-3,16-20H2,1H3,(H,32,33). The van der Waals surface area contributed by atoms with Crippen molar-refractivity contribution < 1.29 is 0 Å². The van der Waals surface area contributed by atoms with Gasteiger partial charge in [-0.1, -0.05) is 31.5 Å². The minimum atomic E-state index is 0.667. The summed E-state index contributed by atoms with van der Waals surface area (Å²) in [5.41, 5.74) is 7.18. The van der Waals surface area contributed by atoms with Gasteiger partial charge in [-0.05, 0) is 78.7 Å². The predicted octanol–water partition coefficient (Wildman–Crippen LogP) is 6.44. The molecule has 35 heavy (non-hydrogen) atoms. The van der Waals surface area contributed by atoms with Crippen LogP contribution >= 0.6 is 0 Å². The van der Waals surface area contributed by atoms with Crippen molar-refractivity contribution in [3.63, 3.8) is 0 Å². The van der Waals surface area contributed by atoms with E-state index in [9.17, 15) is 0 Å². The molecule has 5 heteroatoms. The Morgan fingerprint density at radius 1 is 0.886 bits per heavy atom. The normalized spacial score (nSPS) is 14.1. The zero-order chi connectivity index (χ0) is 24.0. The number of piperazine rings is 1. The van der Waals surface area contributed by atoms with Crippen LogP contribution in [0.4, 0.5) is 17.1 Å². The molecule has 4 aromatic rings. The van der Waals surface area contributed by atoms with E-state index in [0.717, 1.165) is 59.6 Å². The molecule has 176 valence electrons. The van der Waals surface area contributed by atoms with Crippen LogP contribution in [0.25, 0.3) is 22.0 Å². The highest BCUT2D eigenvalue weighted by Crippen LogP contribution is 2.30. The van der Waals surface area contributed by atoms with Crippen molar-refractivity contribution in [2.24, 2.45) is 0 Å². The van der Waals surface area contributed by atoms with Gasteiger partial charge in [0.1, 0.15) is 0 Å². The average Bonchev–Trinajstić information content (AvgIpc) is 2.93. The molecule has 0 radical (unpaired) electrons. The van der Waals surface area contributed by atoms with Crippen molar-refractivity contribution >= 4 is 28.0 Å². The van der Waals surface area contributed by atoms with Crippen molar-refractivity contribution in [1.29, 1.82) is 5.26 Å². The van der Waals surface area contributed by atoms with Crippen molar-refractivity contribution in [2.75, 3.05) is 42.9 Å². The van der Waals surface area contributed by atoms with E-state index in [1.165, 1.54) is 25.1 Å². The minimum Gasteiger partial charge on any atom is -0.369 e. The summed E-state index contributed by atoms with van der Waals surface area (Å²) in [5.74, 6) is 0. The fourth-order valence-electron chi connectivity index (χ4n) is 4.69. The van der Waals surface area contributed by atoms with Gasteiger partial charge in [-0.2, -0.15) is 5.26 Å². The predicted molar refractivity (Wildman–Crippen MR) is 145 cm³/mol. The second-order valence-corrected chi connectivity index (χ2v) is 9.13. The average molecular weight is 462 g/mol. The first-order valence-electron chi connectivity index (χ1n) is 12.5. The zero-order valence-electron chi connectivity index (χ0n) is 20.2. The van der Waals surface area contributed by atoms with Gasteiger partial charge >= 0.3 is 0 Å². The summed E-state index contributed by atoms with van der Waals surface area (Å²) in [4.78, 5) is 9.62. The van der Waals surface area contributed by atoms with Crippen molar-refractivity contribution in [2.45, 2.75) is 19.8 Å². The van der Waals surface area contributed by atoms with E-state index in [-0.39, 0.29) is 0 Å². The maximum atomic E-state index is 9.08. The summed E-state index contributed by atoms with van der Waals surface area (Å²) < 4.78 is 0. The van der Waals surface area contributed by atoms with Gasteiger partial charge in [0.25, 0.3) is 0 Å². The highest BCUT2D eigenvalue weighted by Gasteiger charge is 2.16. The van der Waals surface area contributed by atoms with Gasteiger partial charge in [-0.15, -0.1) is 0 Å². The number of pyridine rings is 1. The molecule has 1 aliphatic rings. The summed E-state index contributed by atoms with van der Waals surface area (Å²) in [6.45, 7) is 7.94. The zero-order valence-corrected chi connectivity index (χ0v) is 20.2. The number of unbranched alkanes of at least 4 members (excludes halogenated alkanes) is 1. The number of fused-ring (bicyclic) bond motifs is 1. The Morgan fingerprint density at radius 3 is 2.34 bits per heavy atom. The Bertz CT molecular complexity index is 1310. The number of hydrogen-bond acceptors (Lipinski definition) is 5. The lowest BCUT2D eigenvalue weighted by molar-refractivity contribution is 0.254. The Balaban J connectivity index is 1.31. The van der Waals surface area contributed by atoms with E-state index in [1.807, 2.05) is 36.5 Å². The van der Waals surface area contributed by atoms with Gasteiger partial charge in [0, 0.05) is 54.8 Å². The molecule has 0 saturated carbocycles. The minimum absolute atomic E-state index is 0.667. The highest BCUT2D eigenvalue weighted by molar-refractivity contribution is 5.95. The second-order valence-electron chi connectivity index (χ2n) is 9.13. The molecule has 1 aromatic heterocycles.